The van der Waals surface area contributed by atoms with Gasteiger partial charge in [-0.25, -0.2) is 0 Å². The first-order valence-corrected chi connectivity index (χ1v) is 11.5. The van der Waals surface area contributed by atoms with Crippen LogP contribution in [0, 0.1) is 31.1 Å². The molecule has 1 N–H and O–H groups in total. The van der Waals surface area contributed by atoms with Crippen molar-refractivity contribution in [1.29, 1.82) is 5.26 Å². The van der Waals surface area contributed by atoms with Gasteiger partial charge in [0.2, 0.25) is 5.91 Å². The number of hydrogen-bond donors (Lipinski definition) is 1. The van der Waals surface area contributed by atoms with Crippen LogP contribution in [-0.2, 0) is 4.79 Å². The zero-order valence-electron chi connectivity index (χ0n) is 19.4. The molecule has 2 aromatic carbocycles. The van der Waals surface area contributed by atoms with Gasteiger partial charge in [0.05, 0.1) is 17.0 Å². The van der Waals surface area contributed by atoms with Gasteiger partial charge in [-0.3, -0.25) is 9.36 Å². The maximum absolute atomic E-state index is 12.9. The second kappa shape index (κ2) is 9.58. The molecule has 0 spiro atoms. The van der Waals surface area contributed by atoms with Crippen molar-refractivity contribution in [2.24, 2.45) is 5.92 Å². The first-order valence-electron chi connectivity index (χ1n) is 10.6. The molecule has 1 aromatic heterocycles. The Labute approximate surface area is 194 Å². The predicted molar refractivity (Wildman–Crippen MR) is 129 cm³/mol. The molecule has 3 aromatic rings. The van der Waals surface area contributed by atoms with E-state index >= 15 is 0 Å². The number of nitrogens with one attached hydrogen (secondary N) is 1. The molecule has 0 aliphatic carbocycles. The summed E-state index contributed by atoms with van der Waals surface area (Å²) < 4.78 is 1.99. The normalized spacial score (nSPS) is 13.9. The number of benzene rings is 2. The molecule has 0 bridgehead atoms. The van der Waals surface area contributed by atoms with Gasteiger partial charge in [0.25, 0.3) is 0 Å². The monoisotopic (exact) mass is 447 g/mol. The highest BCUT2D eigenvalue weighted by atomic mass is 32.2. The number of rotatable bonds is 7. The molecule has 0 radical (unpaired) electrons. The van der Waals surface area contributed by atoms with E-state index in [0.29, 0.717) is 11.0 Å². The topological polar surface area (TPSA) is 83.6 Å². The summed E-state index contributed by atoms with van der Waals surface area (Å²) >= 11 is 1.33. The van der Waals surface area contributed by atoms with Gasteiger partial charge in [-0.15, -0.1) is 10.2 Å². The molecule has 1 amide bonds. The molecule has 2 atom stereocenters. The van der Waals surface area contributed by atoms with Crippen molar-refractivity contribution < 1.29 is 4.79 Å². The third kappa shape index (κ3) is 4.86. The van der Waals surface area contributed by atoms with Crippen LogP contribution in [0.5, 0.6) is 0 Å². The summed E-state index contributed by atoms with van der Waals surface area (Å²) in [5.41, 5.74) is 3.33. The number of nitriles is 1. The smallest absolute Gasteiger partial charge is 0.234 e. The number of aryl methyl sites for hydroxylation is 2. The fourth-order valence-electron chi connectivity index (χ4n) is 3.09. The Morgan fingerprint density at radius 3 is 2.38 bits per heavy atom. The fourth-order valence-corrected chi connectivity index (χ4v) is 3.96. The van der Waals surface area contributed by atoms with Gasteiger partial charge in [-0.1, -0.05) is 62.0 Å². The van der Waals surface area contributed by atoms with Gasteiger partial charge in [0.15, 0.2) is 11.0 Å². The van der Waals surface area contributed by atoms with Gasteiger partial charge >= 0.3 is 0 Å². The molecule has 166 valence electrons. The Hall–Kier alpha value is -3.11. The number of carbonyl (C=O) groups excluding carboxylic acids is 1. The second-order valence-electron chi connectivity index (χ2n) is 8.49. The van der Waals surface area contributed by atoms with Crippen LogP contribution in [0.2, 0.25) is 0 Å². The van der Waals surface area contributed by atoms with Crippen LogP contribution in [0.25, 0.3) is 17.1 Å². The molecule has 6 nitrogen and oxygen atoms in total. The Morgan fingerprint density at radius 2 is 1.78 bits per heavy atom. The maximum Gasteiger partial charge on any atom is 0.234 e. The van der Waals surface area contributed by atoms with E-state index in [9.17, 15) is 10.1 Å². The number of thioether (sulfide) groups is 1. The van der Waals surface area contributed by atoms with Crippen LogP contribution in [-0.4, -0.2) is 31.5 Å². The maximum atomic E-state index is 12.9. The summed E-state index contributed by atoms with van der Waals surface area (Å²) in [6.45, 7) is 11.6. The third-order valence-electron chi connectivity index (χ3n) is 5.84. The lowest BCUT2D eigenvalue weighted by Gasteiger charge is -2.28. The summed E-state index contributed by atoms with van der Waals surface area (Å²) in [5.74, 6) is 0.495. The SMILES string of the molecule is Cc1ccc(-n2c(SC(C)C(=O)NC(C)(C#N)C(C)C)nnc2-c2ccccc2)cc1C. The molecule has 1 heterocycles. The summed E-state index contributed by atoms with van der Waals surface area (Å²) in [7, 11) is 0. The number of amides is 1. The molecule has 0 fully saturated rings. The summed E-state index contributed by atoms with van der Waals surface area (Å²) in [6, 6.07) is 18.3. The highest BCUT2D eigenvalue weighted by Gasteiger charge is 2.32. The minimum atomic E-state index is -0.928. The van der Waals surface area contributed by atoms with Crippen LogP contribution in [0.3, 0.4) is 0 Å². The Kier molecular flexibility index (Phi) is 7.05. The van der Waals surface area contributed by atoms with Crippen LogP contribution >= 0.6 is 11.8 Å². The molecule has 3 rings (SSSR count). The average molecular weight is 448 g/mol. The molecule has 0 saturated carbocycles. The molecule has 0 aliphatic rings. The lowest BCUT2D eigenvalue weighted by molar-refractivity contribution is -0.121. The Balaban J connectivity index is 1.98. The number of hydrogen-bond acceptors (Lipinski definition) is 5. The lowest BCUT2D eigenvalue weighted by atomic mass is 9.90. The summed E-state index contributed by atoms with van der Waals surface area (Å²) in [6.07, 6.45) is 0. The molecular weight excluding hydrogens is 418 g/mol. The first-order chi connectivity index (χ1) is 15.2. The lowest BCUT2D eigenvalue weighted by Crippen LogP contribution is -2.51. The minimum absolute atomic E-state index is 0.0162. The van der Waals surface area contributed by atoms with E-state index in [0.717, 1.165) is 11.3 Å². The van der Waals surface area contributed by atoms with Crippen molar-refractivity contribution in [3.63, 3.8) is 0 Å². The van der Waals surface area contributed by atoms with Gasteiger partial charge in [0, 0.05) is 5.56 Å². The first kappa shape index (κ1) is 23.6. The van der Waals surface area contributed by atoms with Crippen molar-refractivity contribution in [3.05, 3.63) is 59.7 Å². The fraction of sp³-hybridized carbons (Fsp3) is 0.360. The van der Waals surface area contributed by atoms with Gasteiger partial charge in [0.1, 0.15) is 5.54 Å². The van der Waals surface area contributed by atoms with E-state index in [-0.39, 0.29) is 11.8 Å². The average Bonchev–Trinajstić information content (AvgIpc) is 3.19. The van der Waals surface area contributed by atoms with Crippen LogP contribution in [0.4, 0.5) is 0 Å². The summed E-state index contributed by atoms with van der Waals surface area (Å²) in [5, 5.41) is 21.5. The highest BCUT2D eigenvalue weighted by molar-refractivity contribution is 8.00. The van der Waals surface area contributed by atoms with E-state index in [2.05, 4.69) is 47.6 Å². The van der Waals surface area contributed by atoms with Gasteiger partial charge in [-0.2, -0.15) is 5.26 Å². The molecule has 0 aliphatic heterocycles. The standard InChI is InChI=1S/C25H29N5OS/c1-16(2)25(6,15-26)27-23(31)19(5)32-24-29-28-22(20-10-8-7-9-11-20)30(24)21-13-12-17(3)18(4)14-21/h7-14,16,19H,1-6H3,(H,27,31). The largest absolute Gasteiger partial charge is 0.337 e. The van der Waals surface area contributed by atoms with E-state index < -0.39 is 10.8 Å². The Morgan fingerprint density at radius 1 is 1.09 bits per heavy atom. The van der Waals surface area contributed by atoms with E-state index in [1.165, 1.54) is 22.9 Å². The molecule has 2 unspecified atom stereocenters. The van der Waals surface area contributed by atoms with Crippen molar-refractivity contribution in [2.75, 3.05) is 0 Å². The Bertz CT molecular complexity index is 1150. The molecule has 32 heavy (non-hydrogen) atoms. The minimum Gasteiger partial charge on any atom is -0.337 e. The van der Waals surface area contributed by atoms with Gasteiger partial charge < -0.3 is 5.32 Å². The number of aromatic nitrogens is 3. The van der Waals surface area contributed by atoms with Crippen LogP contribution in [0.1, 0.15) is 38.8 Å². The zero-order valence-corrected chi connectivity index (χ0v) is 20.2. The highest BCUT2D eigenvalue weighted by Crippen LogP contribution is 2.31. The second-order valence-corrected chi connectivity index (χ2v) is 9.80. The van der Waals surface area contributed by atoms with Crippen LogP contribution in [0.15, 0.2) is 53.7 Å². The third-order valence-corrected chi connectivity index (χ3v) is 6.88. The number of carbonyl (C=O) groups is 1. The molecule has 0 saturated heterocycles. The van der Waals surface area contributed by atoms with Crippen molar-refractivity contribution >= 4 is 17.7 Å². The quantitative estimate of drug-likeness (QED) is 0.510. The molecule has 7 heteroatoms. The van der Waals surface area contributed by atoms with E-state index in [1.807, 2.05) is 61.7 Å². The van der Waals surface area contributed by atoms with E-state index in [4.69, 9.17) is 0 Å². The van der Waals surface area contributed by atoms with Crippen LogP contribution < -0.4 is 5.32 Å². The predicted octanol–water partition coefficient (Wildman–Crippen LogP) is 5.09. The van der Waals surface area contributed by atoms with Crippen molar-refractivity contribution in [1.82, 2.24) is 20.1 Å². The summed E-state index contributed by atoms with van der Waals surface area (Å²) in [4.78, 5) is 12.9. The van der Waals surface area contributed by atoms with Crippen molar-refractivity contribution in [2.45, 2.75) is 57.5 Å². The van der Waals surface area contributed by atoms with Gasteiger partial charge in [-0.05, 0) is 56.9 Å². The number of nitrogens with zero attached hydrogens (tertiary/aromatic N) is 4. The van der Waals surface area contributed by atoms with Crippen molar-refractivity contribution in [3.8, 4) is 23.1 Å². The molecular formula is C25H29N5OS. The zero-order chi connectivity index (χ0) is 23.5. The van der Waals surface area contributed by atoms with E-state index in [1.54, 1.807) is 6.92 Å².